The fourth-order valence-electron chi connectivity index (χ4n) is 3.40. The minimum atomic E-state index is -0.319. The number of rotatable bonds is 8. The maximum Gasteiger partial charge on any atom is 0.150 e. The van der Waals surface area contributed by atoms with Crippen molar-refractivity contribution in [3.63, 3.8) is 0 Å². The Hall–Kier alpha value is -4.23. The molecule has 34 heavy (non-hydrogen) atoms. The number of benzene rings is 3. The number of amidine groups is 1. The van der Waals surface area contributed by atoms with Crippen molar-refractivity contribution in [3.8, 4) is 17.0 Å². The first-order valence-corrected chi connectivity index (χ1v) is 10.8. The number of aromatic amines is 1. The van der Waals surface area contributed by atoms with Gasteiger partial charge in [0.05, 0.1) is 16.4 Å². The van der Waals surface area contributed by atoms with Gasteiger partial charge in [-0.3, -0.25) is 0 Å². The van der Waals surface area contributed by atoms with Gasteiger partial charge in [-0.25, -0.2) is 9.38 Å². The van der Waals surface area contributed by atoms with Crippen molar-refractivity contribution < 1.29 is 9.13 Å². The molecule has 0 saturated heterocycles. The van der Waals surface area contributed by atoms with Crippen LogP contribution < -0.4 is 21.5 Å². The Labute approximate surface area is 201 Å². The molecule has 6 N–H and O–H groups in total. The van der Waals surface area contributed by atoms with Crippen LogP contribution in [0.4, 0.5) is 21.5 Å². The van der Waals surface area contributed by atoms with Crippen LogP contribution in [-0.4, -0.2) is 10.8 Å². The van der Waals surface area contributed by atoms with E-state index in [0.29, 0.717) is 33.4 Å². The lowest BCUT2D eigenvalue weighted by molar-refractivity contribution is 0.306. The number of nitrogens with one attached hydrogen (secondary N) is 2. The number of nitrogen functional groups attached to an aromatic ring is 1. The van der Waals surface area contributed by atoms with Crippen LogP contribution in [0.3, 0.4) is 0 Å². The van der Waals surface area contributed by atoms with Gasteiger partial charge in [0.1, 0.15) is 29.7 Å². The fourth-order valence-corrected chi connectivity index (χ4v) is 3.63. The predicted molar refractivity (Wildman–Crippen MR) is 137 cm³/mol. The van der Waals surface area contributed by atoms with Crippen molar-refractivity contribution >= 4 is 34.5 Å². The summed E-state index contributed by atoms with van der Waals surface area (Å²) in [4.78, 5) is 7.79. The Balaban J connectivity index is 1.56. The normalized spacial score (nSPS) is 11.3. The summed E-state index contributed by atoms with van der Waals surface area (Å²) in [5.74, 6) is 0.395. The molecule has 0 atom stereocenters. The molecule has 0 spiro atoms. The molecule has 172 valence electrons. The lowest BCUT2D eigenvalue weighted by atomic mass is 10.1. The zero-order chi connectivity index (χ0) is 24.1. The van der Waals surface area contributed by atoms with E-state index in [-0.39, 0.29) is 18.3 Å². The number of ether oxygens (including phenoxy) is 1. The summed E-state index contributed by atoms with van der Waals surface area (Å²) in [5.41, 5.74) is 17.2. The highest BCUT2D eigenvalue weighted by molar-refractivity contribution is 6.32. The number of nitrogens with two attached hydrogens (primary N) is 2. The summed E-state index contributed by atoms with van der Waals surface area (Å²) >= 11 is 6.38. The zero-order valence-electron chi connectivity index (χ0n) is 18.2. The molecule has 0 unspecified atom stereocenters. The Bertz CT molecular complexity index is 1370. The average molecular weight is 476 g/mol. The van der Waals surface area contributed by atoms with Crippen molar-refractivity contribution in [1.82, 2.24) is 4.98 Å². The van der Waals surface area contributed by atoms with Gasteiger partial charge in [0, 0.05) is 16.9 Å². The number of hydrogen-bond acceptors (Lipinski definition) is 4. The zero-order valence-corrected chi connectivity index (χ0v) is 18.9. The second kappa shape index (κ2) is 10.1. The first kappa shape index (κ1) is 22.9. The van der Waals surface area contributed by atoms with E-state index in [4.69, 9.17) is 27.8 Å². The van der Waals surface area contributed by atoms with E-state index >= 15 is 0 Å². The van der Waals surface area contributed by atoms with Crippen LogP contribution >= 0.6 is 11.6 Å². The summed E-state index contributed by atoms with van der Waals surface area (Å²) in [5, 5.41) is 3.43. The largest absolute Gasteiger partial charge is 0.487 e. The Morgan fingerprint density at radius 3 is 2.68 bits per heavy atom. The van der Waals surface area contributed by atoms with Crippen LogP contribution in [0, 0.1) is 5.82 Å². The molecule has 0 aliphatic rings. The van der Waals surface area contributed by atoms with Crippen molar-refractivity contribution in [2.24, 2.45) is 10.7 Å². The summed E-state index contributed by atoms with van der Waals surface area (Å²) in [6.45, 7) is 3.91. The van der Waals surface area contributed by atoms with Gasteiger partial charge in [-0.15, -0.1) is 0 Å². The highest BCUT2D eigenvalue weighted by Gasteiger charge is 2.13. The molecule has 4 rings (SSSR count). The number of aromatic nitrogens is 1. The fraction of sp³-hybridized carbons (Fsp3) is 0.0385. The third-order valence-corrected chi connectivity index (χ3v) is 5.27. The van der Waals surface area contributed by atoms with E-state index in [2.05, 4.69) is 21.9 Å². The van der Waals surface area contributed by atoms with Gasteiger partial charge in [0.15, 0.2) is 0 Å². The molecule has 0 bridgehead atoms. The van der Waals surface area contributed by atoms with E-state index in [1.54, 1.807) is 36.5 Å². The van der Waals surface area contributed by atoms with Gasteiger partial charge in [0.25, 0.3) is 0 Å². The highest BCUT2D eigenvalue weighted by atomic mass is 35.5. The highest BCUT2D eigenvalue weighted by Crippen LogP contribution is 2.31. The molecule has 0 saturated carbocycles. The van der Waals surface area contributed by atoms with E-state index in [9.17, 15) is 4.39 Å². The lowest BCUT2D eigenvalue weighted by Crippen LogP contribution is -2.15. The third kappa shape index (κ3) is 5.39. The van der Waals surface area contributed by atoms with Crippen LogP contribution in [0.15, 0.2) is 90.6 Å². The number of anilines is 2. The topological polar surface area (TPSA) is 101 Å². The lowest BCUT2D eigenvalue weighted by Gasteiger charge is -2.09. The van der Waals surface area contributed by atoms with Crippen molar-refractivity contribution in [1.29, 1.82) is 0 Å². The van der Waals surface area contributed by atoms with Crippen LogP contribution in [0.2, 0.25) is 5.02 Å². The van der Waals surface area contributed by atoms with Crippen molar-refractivity contribution in [2.45, 2.75) is 6.61 Å². The first-order chi connectivity index (χ1) is 16.4. The Kier molecular flexibility index (Phi) is 6.85. The molecule has 0 aliphatic carbocycles. The molecule has 0 aliphatic heterocycles. The molecule has 4 aromatic rings. The predicted octanol–water partition coefficient (Wildman–Crippen LogP) is 6.23. The molecule has 0 fully saturated rings. The quantitative estimate of drug-likeness (QED) is 0.138. The van der Waals surface area contributed by atoms with Crippen molar-refractivity contribution in [3.05, 3.63) is 108 Å². The van der Waals surface area contributed by atoms with Gasteiger partial charge in [-0.2, -0.15) is 0 Å². The van der Waals surface area contributed by atoms with Gasteiger partial charge in [0.2, 0.25) is 0 Å². The SMILES string of the molecule is C=CNc1cc(-c2cccc(N)c2)[nH]c1C(N)=Nc1ccc(OCc2cccc(F)c2)c(Cl)c1. The van der Waals surface area contributed by atoms with E-state index < -0.39 is 0 Å². The standard InChI is InChI=1S/C26H23ClFN5O/c1-2-31-23-14-22(17-6-4-8-19(29)12-17)33-25(23)26(30)32-20-9-10-24(21(27)13-20)34-15-16-5-3-7-18(28)11-16/h2-14,31,33H,1,15,29H2,(H2,30,32). The minimum Gasteiger partial charge on any atom is -0.487 e. The van der Waals surface area contributed by atoms with Gasteiger partial charge in [-0.05, 0) is 60.3 Å². The molecule has 1 aromatic heterocycles. The van der Waals surface area contributed by atoms with Gasteiger partial charge >= 0.3 is 0 Å². The molecular formula is C26H23ClFN5O. The van der Waals surface area contributed by atoms with Crippen LogP contribution in [0.1, 0.15) is 11.3 Å². The summed E-state index contributed by atoms with van der Waals surface area (Å²) in [6.07, 6.45) is 1.56. The van der Waals surface area contributed by atoms with E-state index in [1.807, 2.05) is 30.3 Å². The number of hydrogen-bond donors (Lipinski definition) is 4. The summed E-state index contributed by atoms with van der Waals surface area (Å²) in [7, 11) is 0. The second-order valence-corrected chi connectivity index (χ2v) is 7.88. The third-order valence-electron chi connectivity index (χ3n) is 4.98. The molecule has 0 amide bonds. The number of halogens is 2. The molecule has 0 radical (unpaired) electrons. The summed E-state index contributed by atoms with van der Waals surface area (Å²) < 4.78 is 19.1. The number of nitrogens with zero attached hydrogens (tertiary/aromatic N) is 1. The Morgan fingerprint density at radius 1 is 1.12 bits per heavy atom. The molecule has 6 nitrogen and oxygen atoms in total. The maximum absolute atomic E-state index is 13.4. The van der Waals surface area contributed by atoms with Gasteiger partial charge < -0.3 is 26.5 Å². The molecular weight excluding hydrogens is 453 g/mol. The van der Waals surface area contributed by atoms with E-state index in [1.165, 1.54) is 12.1 Å². The van der Waals surface area contributed by atoms with E-state index in [0.717, 1.165) is 16.9 Å². The average Bonchev–Trinajstić information content (AvgIpc) is 3.23. The molecule has 3 aromatic carbocycles. The minimum absolute atomic E-state index is 0.189. The number of H-pyrrole nitrogens is 1. The smallest absolute Gasteiger partial charge is 0.150 e. The van der Waals surface area contributed by atoms with Crippen LogP contribution in [-0.2, 0) is 6.61 Å². The van der Waals surface area contributed by atoms with Crippen LogP contribution in [0.25, 0.3) is 11.3 Å². The number of aliphatic imine (C=N–C) groups is 1. The molecule has 1 heterocycles. The van der Waals surface area contributed by atoms with Crippen LogP contribution in [0.5, 0.6) is 5.75 Å². The first-order valence-electron chi connectivity index (χ1n) is 10.4. The Morgan fingerprint density at radius 2 is 1.94 bits per heavy atom. The monoisotopic (exact) mass is 475 g/mol. The molecule has 8 heteroatoms. The second-order valence-electron chi connectivity index (χ2n) is 7.48. The van der Waals surface area contributed by atoms with Crippen molar-refractivity contribution in [2.75, 3.05) is 11.1 Å². The maximum atomic E-state index is 13.4. The summed E-state index contributed by atoms with van der Waals surface area (Å²) in [6, 6.07) is 20.7. The van der Waals surface area contributed by atoms with Gasteiger partial charge in [-0.1, -0.05) is 42.4 Å².